The van der Waals surface area contributed by atoms with Crippen molar-refractivity contribution in [3.8, 4) is 0 Å². The third-order valence-corrected chi connectivity index (χ3v) is 4.83. The summed E-state index contributed by atoms with van der Waals surface area (Å²) in [5.74, 6) is 0. The minimum atomic E-state index is -0.723. The van der Waals surface area contributed by atoms with Crippen LogP contribution in [0.3, 0.4) is 0 Å². The predicted octanol–water partition coefficient (Wildman–Crippen LogP) is 5.54. The van der Waals surface area contributed by atoms with Crippen molar-refractivity contribution >= 4 is 68.0 Å². The van der Waals surface area contributed by atoms with Crippen LogP contribution in [0.2, 0.25) is 15.1 Å². The average molecular weight is 468 g/mol. The summed E-state index contributed by atoms with van der Waals surface area (Å²) < 4.78 is 0. The van der Waals surface area contributed by atoms with E-state index in [0.717, 1.165) is 12.4 Å². The molecule has 0 aliphatic carbocycles. The second kappa shape index (κ2) is 8.62. The van der Waals surface area contributed by atoms with Gasteiger partial charge in [-0.05, 0) is 36.4 Å². The minimum absolute atomic E-state index is 0.0625. The number of nitro groups is 2. The number of aromatic amines is 1. The second-order valence-corrected chi connectivity index (χ2v) is 7.08. The number of H-pyrrole nitrogens is 1. The molecule has 0 spiro atoms. The highest BCUT2D eigenvalue weighted by Gasteiger charge is 2.16. The van der Waals surface area contributed by atoms with Gasteiger partial charge in [-0.1, -0.05) is 34.8 Å². The Labute approximate surface area is 182 Å². The van der Waals surface area contributed by atoms with Crippen molar-refractivity contribution in [1.29, 1.82) is 0 Å². The van der Waals surface area contributed by atoms with Gasteiger partial charge in [0.1, 0.15) is 11.2 Å². The Balaban J connectivity index is 0.000000171. The van der Waals surface area contributed by atoms with Crippen molar-refractivity contribution in [2.75, 3.05) is 0 Å². The van der Waals surface area contributed by atoms with E-state index >= 15 is 0 Å². The van der Waals surface area contributed by atoms with Gasteiger partial charge in [-0.3, -0.25) is 25.0 Å². The summed E-state index contributed by atoms with van der Waals surface area (Å²) in [6.45, 7) is 0. The van der Waals surface area contributed by atoms with Crippen LogP contribution in [0.5, 0.6) is 0 Å². The molecule has 0 bridgehead atoms. The Morgan fingerprint density at radius 1 is 0.867 bits per heavy atom. The van der Waals surface area contributed by atoms with Crippen LogP contribution in [0, 0.1) is 20.2 Å². The first-order chi connectivity index (χ1) is 14.2. The molecule has 0 radical (unpaired) electrons. The molecule has 0 atom stereocenters. The lowest BCUT2D eigenvalue weighted by atomic mass is 10.2. The third-order valence-electron chi connectivity index (χ3n) is 3.96. The molecular weight excluding hydrogens is 459 g/mol. The van der Waals surface area contributed by atoms with Crippen molar-refractivity contribution in [2.45, 2.75) is 0 Å². The van der Waals surface area contributed by atoms with E-state index in [2.05, 4.69) is 9.97 Å². The van der Waals surface area contributed by atoms with E-state index in [1.54, 1.807) is 30.3 Å². The molecule has 4 aromatic rings. The zero-order valence-corrected chi connectivity index (χ0v) is 16.9. The van der Waals surface area contributed by atoms with Gasteiger partial charge < -0.3 is 4.98 Å². The summed E-state index contributed by atoms with van der Waals surface area (Å²) >= 11 is 17.3. The standard InChI is InChI=1S/C9H4Cl2N2O2.C9H5ClN2O3/c10-5-1-2-7-6(3-5)9(11)8(4-12-7)13(14)15;10-5-1-2-7-6(3-5)9(13)8(4-11-7)12(14)15/h1-4H;1-4H,(H,11,13). The smallest absolute Gasteiger partial charge is 0.332 e. The van der Waals surface area contributed by atoms with Gasteiger partial charge in [0.2, 0.25) is 0 Å². The van der Waals surface area contributed by atoms with Gasteiger partial charge in [0.05, 0.1) is 26.9 Å². The molecule has 0 saturated heterocycles. The average Bonchev–Trinajstić information content (AvgIpc) is 2.69. The zero-order valence-electron chi connectivity index (χ0n) is 14.6. The predicted molar refractivity (Wildman–Crippen MR) is 115 cm³/mol. The fourth-order valence-electron chi connectivity index (χ4n) is 2.56. The zero-order chi connectivity index (χ0) is 22.0. The van der Waals surface area contributed by atoms with Crippen molar-refractivity contribution < 1.29 is 9.85 Å². The number of nitrogens with zero attached hydrogens (tertiary/aromatic N) is 3. The quantitative estimate of drug-likeness (QED) is 0.304. The summed E-state index contributed by atoms with van der Waals surface area (Å²) in [6, 6.07) is 9.47. The summed E-state index contributed by atoms with van der Waals surface area (Å²) in [6.07, 6.45) is 2.22. The van der Waals surface area contributed by atoms with Crippen LogP contribution in [0.4, 0.5) is 11.4 Å². The normalized spacial score (nSPS) is 10.5. The molecule has 152 valence electrons. The monoisotopic (exact) mass is 466 g/mol. The SMILES string of the molecule is O=[N+]([O-])c1cnc2ccc(Cl)cc2c1Cl.O=c1c([N+](=O)[O-])c[nH]c2ccc(Cl)cc12. The van der Waals surface area contributed by atoms with Crippen LogP contribution in [-0.2, 0) is 0 Å². The first-order valence-corrected chi connectivity index (χ1v) is 9.16. The maximum atomic E-state index is 11.6. The maximum Gasteiger partial charge on any atom is 0.332 e. The largest absolute Gasteiger partial charge is 0.355 e. The molecule has 4 rings (SSSR count). The first-order valence-electron chi connectivity index (χ1n) is 8.02. The lowest BCUT2D eigenvalue weighted by Crippen LogP contribution is -2.08. The Kier molecular flexibility index (Phi) is 6.16. The topological polar surface area (TPSA) is 132 Å². The summed E-state index contributed by atoms with van der Waals surface area (Å²) in [5.41, 5.74) is -0.225. The Morgan fingerprint density at radius 3 is 2.10 bits per heavy atom. The number of nitrogens with one attached hydrogen (secondary N) is 1. The molecular formula is C18H9Cl3N4O5. The molecule has 0 amide bonds. The fourth-order valence-corrected chi connectivity index (χ4v) is 3.18. The van der Waals surface area contributed by atoms with Crippen LogP contribution in [0.25, 0.3) is 21.8 Å². The van der Waals surface area contributed by atoms with E-state index in [1.807, 2.05) is 0 Å². The highest BCUT2D eigenvalue weighted by molar-refractivity contribution is 6.38. The lowest BCUT2D eigenvalue weighted by Gasteiger charge is -2.00. The summed E-state index contributed by atoms with van der Waals surface area (Å²) in [4.78, 5) is 38.0. The number of hydrogen-bond donors (Lipinski definition) is 1. The molecule has 2 aromatic heterocycles. The Morgan fingerprint density at radius 2 is 1.47 bits per heavy atom. The number of fused-ring (bicyclic) bond motifs is 2. The number of hydrogen-bond acceptors (Lipinski definition) is 6. The van der Waals surface area contributed by atoms with E-state index in [-0.39, 0.29) is 16.1 Å². The molecule has 30 heavy (non-hydrogen) atoms. The first kappa shape index (κ1) is 21.4. The van der Waals surface area contributed by atoms with Gasteiger partial charge in [0.25, 0.3) is 5.43 Å². The number of pyridine rings is 2. The van der Waals surface area contributed by atoms with Crippen LogP contribution >= 0.6 is 34.8 Å². The van der Waals surface area contributed by atoms with E-state index < -0.39 is 21.0 Å². The molecule has 9 nitrogen and oxygen atoms in total. The third kappa shape index (κ3) is 4.33. The molecule has 2 heterocycles. The molecule has 0 saturated carbocycles. The Bertz CT molecular complexity index is 1370. The van der Waals surface area contributed by atoms with Crippen LogP contribution in [0.15, 0.2) is 53.6 Å². The molecule has 0 fully saturated rings. The van der Waals surface area contributed by atoms with Gasteiger partial charge >= 0.3 is 11.4 Å². The van der Waals surface area contributed by atoms with E-state index in [1.165, 1.54) is 6.07 Å². The number of benzene rings is 2. The van der Waals surface area contributed by atoms with E-state index in [4.69, 9.17) is 34.8 Å². The van der Waals surface area contributed by atoms with Crippen molar-refractivity contribution in [3.63, 3.8) is 0 Å². The molecule has 0 aliphatic rings. The maximum absolute atomic E-state index is 11.6. The van der Waals surface area contributed by atoms with Crippen LogP contribution in [0.1, 0.15) is 0 Å². The number of aromatic nitrogens is 2. The van der Waals surface area contributed by atoms with Crippen molar-refractivity contribution in [1.82, 2.24) is 9.97 Å². The molecule has 0 aliphatic heterocycles. The highest BCUT2D eigenvalue weighted by Crippen LogP contribution is 2.32. The van der Waals surface area contributed by atoms with Gasteiger partial charge in [0.15, 0.2) is 0 Å². The Hall–Kier alpha value is -3.27. The summed E-state index contributed by atoms with van der Waals surface area (Å²) in [7, 11) is 0. The van der Waals surface area contributed by atoms with Crippen LogP contribution in [-0.4, -0.2) is 19.8 Å². The van der Waals surface area contributed by atoms with Gasteiger partial charge in [-0.2, -0.15) is 0 Å². The molecule has 1 N–H and O–H groups in total. The second-order valence-electron chi connectivity index (χ2n) is 5.83. The molecule has 0 unspecified atom stereocenters. The summed E-state index contributed by atoms with van der Waals surface area (Å²) in [5, 5.41) is 22.7. The number of rotatable bonds is 2. The van der Waals surface area contributed by atoms with Crippen LogP contribution < -0.4 is 5.43 Å². The van der Waals surface area contributed by atoms with Gasteiger partial charge in [0, 0.05) is 20.9 Å². The fraction of sp³-hybridized carbons (Fsp3) is 0. The minimum Gasteiger partial charge on any atom is -0.355 e. The van der Waals surface area contributed by atoms with Gasteiger partial charge in [-0.15, -0.1) is 0 Å². The van der Waals surface area contributed by atoms with E-state index in [9.17, 15) is 25.0 Å². The highest BCUT2D eigenvalue weighted by atomic mass is 35.5. The van der Waals surface area contributed by atoms with E-state index in [0.29, 0.717) is 26.5 Å². The lowest BCUT2D eigenvalue weighted by molar-refractivity contribution is -0.386. The van der Waals surface area contributed by atoms with Crippen molar-refractivity contribution in [2.24, 2.45) is 0 Å². The van der Waals surface area contributed by atoms with Gasteiger partial charge in [-0.25, -0.2) is 4.98 Å². The number of halogens is 3. The van der Waals surface area contributed by atoms with Crippen molar-refractivity contribution in [3.05, 3.63) is 94.3 Å². The molecule has 2 aromatic carbocycles. The molecule has 12 heteroatoms.